The Labute approximate surface area is 202 Å². The van der Waals surface area contributed by atoms with Gasteiger partial charge in [0.05, 0.1) is 19.3 Å². The number of rotatable bonds is 12. The van der Waals surface area contributed by atoms with Crippen LogP contribution in [0.15, 0.2) is 66.7 Å². The van der Waals surface area contributed by atoms with Crippen molar-refractivity contribution in [3.05, 3.63) is 83.4 Å². The van der Waals surface area contributed by atoms with Gasteiger partial charge in [-0.2, -0.15) is 0 Å². The van der Waals surface area contributed by atoms with Crippen LogP contribution in [0.4, 0.5) is 5.69 Å². The molecule has 5 N–H and O–H groups in total. The van der Waals surface area contributed by atoms with Gasteiger partial charge in [-0.1, -0.05) is 18.2 Å². The van der Waals surface area contributed by atoms with E-state index in [9.17, 15) is 14.7 Å². The molecule has 182 valence electrons. The lowest BCUT2D eigenvalue weighted by atomic mass is 10.1. The van der Waals surface area contributed by atoms with Gasteiger partial charge in [0, 0.05) is 11.3 Å². The fourth-order valence-corrected chi connectivity index (χ4v) is 3.39. The minimum absolute atomic E-state index is 0.0764. The molecule has 9 heteroatoms. The topological polar surface area (TPSA) is 144 Å². The van der Waals surface area contributed by atoms with Gasteiger partial charge in [-0.15, -0.1) is 0 Å². The maximum Gasteiger partial charge on any atom is 0.330 e. The standard InChI is InChI=1S/C26H27N3O6/c1-3-34-23-14-17(24(26(31)32)29-18-11-8-16(9-12-18)25(27)28)10-13-22(23)35-15-20(30)19-6-4-5-7-21(19)33-2/h4-14,24,29H,3,15H2,1-2H3,(H3,27,28)(H,31,32)/t24-/m1/s1. The number of nitrogen functional groups attached to an aromatic ring is 1. The number of hydrogen-bond acceptors (Lipinski definition) is 7. The molecule has 9 nitrogen and oxygen atoms in total. The molecule has 0 unspecified atom stereocenters. The van der Waals surface area contributed by atoms with Crippen LogP contribution >= 0.6 is 0 Å². The number of ketones is 1. The molecule has 0 aliphatic rings. The Morgan fingerprint density at radius 3 is 2.34 bits per heavy atom. The highest BCUT2D eigenvalue weighted by atomic mass is 16.5. The van der Waals surface area contributed by atoms with Crippen LogP contribution in [0.2, 0.25) is 0 Å². The van der Waals surface area contributed by atoms with E-state index in [0.29, 0.717) is 46.2 Å². The van der Waals surface area contributed by atoms with Crippen LogP contribution in [-0.2, 0) is 4.79 Å². The Morgan fingerprint density at radius 1 is 1.00 bits per heavy atom. The third-order valence-corrected chi connectivity index (χ3v) is 5.12. The zero-order chi connectivity index (χ0) is 25.4. The first-order valence-corrected chi connectivity index (χ1v) is 10.8. The monoisotopic (exact) mass is 477 g/mol. The number of para-hydroxylation sites is 1. The van der Waals surface area contributed by atoms with Crippen molar-refractivity contribution < 1.29 is 28.9 Å². The normalized spacial score (nSPS) is 11.3. The fraction of sp³-hybridized carbons (Fsp3) is 0.192. The fourth-order valence-electron chi connectivity index (χ4n) is 3.39. The van der Waals surface area contributed by atoms with Crippen molar-refractivity contribution in [2.45, 2.75) is 13.0 Å². The Bertz CT molecular complexity index is 1210. The molecule has 0 aromatic heterocycles. The SMILES string of the molecule is CCOc1cc([C@@H](Nc2ccc(C(=N)N)cc2)C(=O)O)ccc1OCC(=O)c1ccccc1OC. The number of Topliss-reactive ketones (excluding diaryl/α,β-unsaturated/α-hetero) is 1. The molecule has 3 rings (SSSR count). The number of carboxylic acid groups (broad SMARTS) is 1. The summed E-state index contributed by atoms with van der Waals surface area (Å²) in [5.41, 5.74) is 7.38. The summed E-state index contributed by atoms with van der Waals surface area (Å²) < 4.78 is 16.6. The zero-order valence-corrected chi connectivity index (χ0v) is 19.4. The second-order valence-electron chi connectivity index (χ2n) is 7.46. The van der Waals surface area contributed by atoms with Gasteiger partial charge in [-0.3, -0.25) is 10.2 Å². The third kappa shape index (κ3) is 6.29. The van der Waals surface area contributed by atoms with E-state index in [1.807, 2.05) is 0 Å². The first-order chi connectivity index (χ1) is 16.8. The summed E-state index contributed by atoms with van der Waals surface area (Å²) in [4.78, 5) is 24.7. The predicted octanol–water partition coefficient (Wildman–Crippen LogP) is 3.88. The molecule has 0 aliphatic heterocycles. The molecule has 0 saturated heterocycles. The van der Waals surface area contributed by atoms with E-state index in [4.69, 9.17) is 25.4 Å². The quantitative estimate of drug-likeness (QED) is 0.175. The number of nitrogens with two attached hydrogens (primary N) is 1. The Kier molecular flexibility index (Phi) is 8.29. The summed E-state index contributed by atoms with van der Waals surface area (Å²) in [5.74, 6) is -0.358. The molecular weight excluding hydrogens is 450 g/mol. The lowest BCUT2D eigenvalue weighted by Crippen LogP contribution is -2.21. The number of methoxy groups -OCH3 is 1. The van der Waals surface area contributed by atoms with Crippen LogP contribution < -0.4 is 25.3 Å². The van der Waals surface area contributed by atoms with E-state index < -0.39 is 12.0 Å². The maximum atomic E-state index is 12.6. The van der Waals surface area contributed by atoms with Crippen LogP contribution in [-0.4, -0.2) is 43.0 Å². The number of benzene rings is 3. The molecule has 0 bridgehead atoms. The molecule has 0 heterocycles. The highest BCUT2D eigenvalue weighted by molar-refractivity contribution is 5.99. The van der Waals surface area contributed by atoms with E-state index in [1.54, 1.807) is 73.7 Å². The van der Waals surface area contributed by atoms with Crippen LogP contribution in [0.3, 0.4) is 0 Å². The molecule has 3 aromatic carbocycles. The summed E-state index contributed by atoms with van der Waals surface area (Å²) in [7, 11) is 1.49. The van der Waals surface area contributed by atoms with E-state index in [2.05, 4.69) is 5.32 Å². The average molecular weight is 478 g/mol. The molecule has 1 atom stereocenters. The minimum atomic E-state index is -1.09. The highest BCUT2D eigenvalue weighted by Crippen LogP contribution is 2.32. The van der Waals surface area contributed by atoms with Crippen molar-refractivity contribution in [3.8, 4) is 17.2 Å². The van der Waals surface area contributed by atoms with Crippen molar-refractivity contribution in [3.63, 3.8) is 0 Å². The number of nitrogens with one attached hydrogen (secondary N) is 2. The summed E-state index contributed by atoms with van der Waals surface area (Å²) in [6.45, 7) is 1.86. The largest absolute Gasteiger partial charge is 0.496 e. The Balaban J connectivity index is 1.80. The molecule has 3 aromatic rings. The first-order valence-electron chi connectivity index (χ1n) is 10.8. The zero-order valence-electron chi connectivity index (χ0n) is 19.4. The van der Waals surface area contributed by atoms with Crippen LogP contribution in [0.25, 0.3) is 0 Å². The van der Waals surface area contributed by atoms with E-state index >= 15 is 0 Å². The van der Waals surface area contributed by atoms with Gasteiger partial charge < -0.3 is 30.4 Å². The number of amidine groups is 1. The third-order valence-electron chi connectivity index (χ3n) is 5.12. The predicted molar refractivity (Wildman–Crippen MR) is 132 cm³/mol. The molecule has 0 aliphatic carbocycles. The van der Waals surface area contributed by atoms with Crippen molar-refractivity contribution in [1.29, 1.82) is 5.41 Å². The lowest BCUT2D eigenvalue weighted by molar-refractivity contribution is -0.138. The second kappa shape index (κ2) is 11.6. The van der Waals surface area contributed by atoms with Gasteiger partial charge in [-0.25, -0.2) is 4.79 Å². The number of hydrogen-bond donors (Lipinski definition) is 4. The smallest absolute Gasteiger partial charge is 0.330 e. The highest BCUT2D eigenvalue weighted by Gasteiger charge is 2.22. The van der Waals surface area contributed by atoms with Crippen LogP contribution in [0.5, 0.6) is 17.2 Å². The van der Waals surface area contributed by atoms with Gasteiger partial charge in [0.2, 0.25) is 5.78 Å². The van der Waals surface area contributed by atoms with Gasteiger partial charge in [0.25, 0.3) is 0 Å². The first kappa shape index (κ1) is 25.1. The van der Waals surface area contributed by atoms with E-state index in [-0.39, 0.29) is 18.2 Å². The molecule has 0 saturated carbocycles. The molecule has 0 spiro atoms. The number of carbonyl (C=O) groups excluding carboxylic acids is 1. The molecule has 35 heavy (non-hydrogen) atoms. The molecule has 0 amide bonds. The van der Waals surface area contributed by atoms with Crippen molar-refractivity contribution in [1.82, 2.24) is 0 Å². The number of carbonyl (C=O) groups is 2. The summed E-state index contributed by atoms with van der Waals surface area (Å²) >= 11 is 0. The van der Waals surface area contributed by atoms with Crippen LogP contribution in [0, 0.1) is 5.41 Å². The maximum absolute atomic E-state index is 12.6. The number of anilines is 1. The number of ether oxygens (including phenoxy) is 3. The van der Waals surface area contributed by atoms with Crippen LogP contribution in [0.1, 0.15) is 34.5 Å². The van der Waals surface area contributed by atoms with Crippen molar-refractivity contribution >= 4 is 23.3 Å². The Hall–Kier alpha value is -4.53. The average Bonchev–Trinajstić information content (AvgIpc) is 2.86. The van der Waals surface area contributed by atoms with Gasteiger partial charge in [-0.05, 0) is 61.0 Å². The van der Waals surface area contributed by atoms with Crippen molar-refractivity contribution in [2.75, 3.05) is 25.6 Å². The lowest BCUT2D eigenvalue weighted by Gasteiger charge is -2.19. The van der Waals surface area contributed by atoms with Gasteiger partial charge in [0.1, 0.15) is 11.6 Å². The molecule has 0 radical (unpaired) electrons. The summed E-state index contributed by atoms with van der Waals surface area (Å²) in [6.07, 6.45) is 0. The summed E-state index contributed by atoms with van der Waals surface area (Å²) in [6, 6.07) is 17.1. The van der Waals surface area contributed by atoms with Gasteiger partial charge >= 0.3 is 5.97 Å². The molecular formula is C26H27N3O6. The van der Waals surface area contributed by atoms with E-state index in [1.165, 1.54) is 7.11 Å². The Morgan fingerprint density at radius 2 is 1.71 bits per heavy atom. The minimum Gasteiger partial charge on any atom is -0.496 e. The van der Waals surface area contributed by atoms with Gasteiger partial charge in [0.15, 0.2) is 24.1 Å². The van der Waals surface area contributed by atoms with Crippen molar-refractivity contribution in [2.24, 2.45) is 5.73 Å². The number of carboxylic acids is 1. The van der Waals surface area contributed by atoms with E-state index in [0.717, 1.165) is 0 Å². The number of aliphatic carboxylic acids is 1. The molecule has 0 fully saturated rings. The second-order valence-corrected chi connectivity index (χ2v) is 7.46. The summed E-state index contributed by atoms with van der Waals surface area (Å²) in [5, 5.41) is 20.3.